The van der Waals surface area contributed by atoms with Gasteiger partial charge in [0.05, 0.1) is 31.2 Å². The molecular formula is C18H19F3N2O2. The van der Waals surface area contributed by atoms with Gasteiger partial charge in [-0.15, -0.1) is 0 Å². The highest BCUT2D eigenvalue weighted by atomic mass is 19.4. The van der Waals surface area contributed by atoms with Crippen LogP contribution in [-0.4, -0.2) is 19.9 Å². The fourth-order valence-corrected chi connectivity index (χ4v) is 2.10. The lowest BCUT2D eigenvalue weighted by Crippen LogP contribution is -2.08. The largest absolute Gasteiger partial charge is 0.493 e. The molecule has 0 spiro atoms. The van der Waals surface area contributed by atoms with Gasteiger partial charge in [0.25, 0.3) is 0 Å². The van der Waals surface area contributed by atoms with E-state index in [-0.39, 0.29) is 5.69 Å². The van der Waals surface area contributed by atoms with E-state index in [2.05, 4.69) is 10.5 Å². The quantitative estimate of drug-likeness (QED) is 0.566. The Morgan fingerprint density at radius 2 is 1.88 bits per heavy atom. The van der Waals surface area contributed by atoms with Crippen LogP contribution < -0.4 is 14.9 Å². The van der Waals surface area contributed by atoms with Crippen molar-refractivity contribution in [1.82, 2.24) is 0 Å². The third kappa shape index (κ3) is 5.14. The van der Waals surface area contributed by atoms with Crippen LogP contribution in [0.2, 0.25) is 0 Å². The maximum Gasteiger partial charge on any atom is 0.418 e. The zero-order valence-corrected chi connectivity index (χ0v) is 13.9. The van der Waals surface area contributed by atoms with Gasteiger partial charge >= 0.3 is 6.18 Å². The molecule has 25 heavy (non-hydrogen) atoms. The molecule has 0 aliphatic carbocycles. The highest BCUT2D eigenvalue weighted by Crippen LogP contribution is 2.34. The molecule has 134 valence electrons. The second-order valence-corrected chi connectivity index (χ2v) is 5.17. The van der Waals surface area contributed by atoms with E-state index in [0.717, 1.165) is 12.5 Å². The molecule has 1 N–H and O–H groups in total. The van der Waals surface area contributed by atoms with Gasteiger partial charge in [-0.3, -0.25) is 5.43 Å². The van der Waals surface area contributed by atoms with Gasteiger partial charge in [-0.2, -0.15) is 18.3 Å². The first-order valence-corrected chi connectivity index (χ1v) is 7.72. The first-order valence-electron chi connectivity index (χ1n) is 7.72. The van der Waals surface area contributed by atoms with E-state index in [0.29, 0.717) is 23.7 Å². The maximum absolute atomic E-state index is 12.9. The number of methoxy groups -OCH3 is 1. The maximum atomic E-state index is 12.9. The minimum atomic E-state index is -4.44. The van der Waals surface area contributed by atoms with Crippen LogP contribution in [0.15, 0.2) is 47.6 Å². The SMILES string of the molecule is CCCOc1ccc(/C=N\Nc2ccccc2C(F)(F)F)cc1OC. The molecule has 0 amide bonds. The standard InChI is InChI=1S/C18H19F3N2O2/c1-3-10-25-16-9-8-13(11-17(16)24-2)12-22-23-15-7-5-4-6-14(15)18(19,20)21/h4-9,11-12,23H,3,10H2,1-2H3/b22-12-. The monoisotopic (exact) mass is 352 g/mol. The zero-order valence-electron chi connectivity index (χ0n) is 13.9. The molecule has 0 aliphatic heterocycles. The molecule has 0 aromatic heterocycles. The molecule has 4 nitrogen and oxygen atoms in total. The van der Waals surface area contributed by atoms with Crippen LogP contribution in [-0.2, 0) is 6.18 Å². The van der Waals surface area contributed by atoms with Gasteiger partial charge in [0, 0.05) is 0 Å². The minimum Gasteiger partial charge on any atom is -0.493 e. The van der Waals surface area contributed by atoms with E-state index in [1.54, 1.807) is 18.2 Å². The lowest BCUT2D eigenvalue weighted by atomic mass is 10.2. The predicted molar refractivity (Wildman–Crippen MR) is 91.4 cm³/mol. The Morgan fingerprint density at radius 1 is 1.12 bits per heavy atom. The van der Waals surface area contributed by atoms with E-state index < -0.39 is 11.7 Å². The van der Waals surface area contributed by atoms with Crippen LogP contribution in [0.25, 0.3) is 0 Å². The van der Waals surface area contributed by atoms with Gasteiger partial charge in [-0.25, -0.2) is 0 Å². The van der Waals surface area contributed by atoms with Gasteiger partial charge in [-0.05, 0) is 42.3 Å². The average molecular weight is 352 g/mol. The lowest BCUT2D eigenvalue weighted by Gasteiger charge is -2.12. The summed E-state index contributed by atoms with van der Waals surface area (Å²) < 4.78 is 49.6. The van der Waals surface area contributed by atoms with Crippen LogP contribution >= 0.6 is 0 Å². The number of benzene rings is 2. The summed E-state index contributed by atoms with van der Waals surface area (Å²) >= 11 is 0. The number of para-hydroxylation sites is 1. The summed E-state index contributed by atoms with van der Waals surface area (Å²) in [4.78, 5) is 0. The van der Waals surface area contributed by atoms with Crippen molar-refractivity contribution in [2.45, 2.75) is 19.5 Å². The van der Waals surface area contributed by atoms with E-state index in [1.807, 2.05) is 6.92 Å². The van der Waals surface area contributed by atoms with Crippen molar-refractivity contribution in [3.8, 4) is 11.5 Å². The molecule has 0 aliphatic rings. The number of hydrazone groups is 1. The van der Waals surface area contributed by atoms with Crippen molar-refractivity contribution in [3.05, 3.63) is 53.6 Å². The molecule has 0 saturated carbocycles. The fraction of sp³-hybridized carbons (Fsp3) is 0.278. The Bertz CT molecular complexity index is 731. The van der Waals surface area contributed by atoms with E-state index in [4.69, 9.17) is 9.47 Å². The average Bonchev–Trinajstić information content (AvgIpc) is 2.60. The number of anilines is 1. The number of nitrogens with one attached hydrogen (secondary N) is 1. The topological polar surface area (TPSA) is 42.8 Å². The fourth-order valence-electron chi connectivity index (χ4n) is 2.10. The van der Waals surface area contributed by atoms with Crippen LogP contribution in [0.3, 0.4) is 0 Å². The molecule has 0 fully saturated rings. The number of hydrogen-bond acceptors (Lipinski definition) is 4. The van der Waals surface area contributed by atoms with Crippen LogP contribution in [0.1, 0.15) is 24.5 Å². The van der Waals surface area contributed by atoms with Crippen LogP contribution in [0, 0.1) is 0 Å². The highest BCUT2D eigenvalue weighted by Gasteiger charge is 2.33. The molecular weight excluding hydrogens is 333 g/mol. The molecule has 0 heterocycles. The predicted octanol–water partition coefficient (Wildman–Crippen LogP) is 4.95. The van der Waals surface area contributed by atoms with Crippen molar-refractivity contribution in [2.75, 3.05) is 19.1 Å². The summed E-state index contributed by atoms with van der Waals surface area (Å²) in [6.07, 6.45) is -2.16. The number of halogens is 3. The van der Waals surface area contributed by atoms with Gasteiger partial charge in [0.15, 0.2) is 11.5 Å². The molecule has 0 atom stereocenters. The lowest BCUT2D eigenvalue weighted by molar-refractivity contribution is -0.136. The first kappa shape index (κ1) is 18.6. The Balaban J connectivity index is 2.13. The Labute approximate surface area is 144 Å². The van der Waals surface area contributed by atoms with Crippen molar-refractivity contribution in [3.63, 3.8) is 0 Å². The number of rotatable bonds is 7. The molecule has 2 rings (SSSR count). The number of hydrogen-bond donors (Lipinski definition) is 1. The summed E-state index contributed by atoms with van der Waals surface area (Å²) in [6, 6.07) is 10.3. The van der Waals surface area contributed by atoms with E-state index >= 15 is 0 Å². The molecule has 0 radical (unpaired) electrons. The minimum absolute atomic E-state index is 0.110. The third-order valence-electron chi connectivity index (χ3n) is 3.28. The summed E-state index contributed by atoms with van der Waals surface area (Å²) in [5, 5.41) is 3.88. The van der Waals surface area contributed by atoms with Gasteiger partial charge in [0.1, 0.15) is 0 Å². The molecule has 7 heteroatoms. The molecule has 2 aromatic rings. The highest BCUT2D eigenvalue weighted by molar-refractivity contribution is 5.81. The third-order valence-corrected chi connectivity index (χ3v) is 3.28. The summed E-state index contributed by atoms with van der Waals surface area (Å²) in [5.41, 5.74) is 2.22. The van der Waals surface area contributed by atoms with E-state index in [1.165, 1.54) is 31.5 Å². The summed E-state index contributed by atoms with van der Waals surface area (Å²) in [7, 11) is 1.52. The van der Waals surface area contributed by atoms with E-state index in [9.17, 15) is 13.2 Å². The second-order valence-electron chi connectivity index (χ2n) is 5.17. The number of nitrogens with zero attached hydrogens (tertiary/aromatic N) is 1. The van der Waals surface area contributed by atoms with Crippen molar-refractivity contribution in [1.29, 1.82) is 0 Å². The van der Waals surface area contributed by atoms with Crippen LogP contribution in [0.5, 0.6) is 11.5 Å². The molecule has 0 saturated heterocycles. The van der Waals surface area contributed by atoms with Crippen molar-refractivity contribution < 1.29 is 22.6 Å². The van der Waals surface area contributed by atoms with Crippen molar-refractivity contribution in [2.24, 2.45) is 5.10 Å². The summed E-state index contributed by atoms with van der Waals surface area (Å²) in [6.45, 7) is 2.57. The van der Waals surface area contributed by atoms with Crippen LogP contribution in [0.4, 0.5) is 18.9 Å². The second kappa shape index (κ2) is 8.41. The number of alkyl halides is 3. The normalized spacial score (nSPS) is 11.6. The smallest absolute Gasteiger partial charge is 0.418 e. The number of ether oxygens (including phenoxy) is 2. The van der Waals surface area contributed by atoms with Gasteiger partial charge in [0.2, 0.25) is 0 Å². The summed E-state index contributed by atoms with van der Waals surface area (Å²) in [5.74, 6) is 1.14. The molecule has 0 bridgehead atoms. The Hall–Kier alpha value is -2.70. The molecule has 0 unspecified atom stereocenters. The van der Waals surface area contributed by atoms with Crippen molar-refractivity contribution >= 4 is 11.9 Å². The Kier molecular flexibility index (Phi) is 6.27. The van der Waals surface area contributed by atoms with Gasteiger partial charge < -0.3 is 9.47 Å². The zero-order chi connectivity index (χ0) is 18.3. The first-order chi connectivity index (χ1) is 12.0. The van der Waals surface area contributed by atoms with Gasteiger partial charge in [-0.1, -0.05) is 19.1 Å². The molecule has 2 aromatic carbocycles. The Morgan fingerprint density at radius 3 is 2.56 bits per heavy atom.